The van der Waals surface area contributed by atoms with Gasteiger partial charge in [-0.25, -0.2) is 0 Å². The molecule has 1 aliphatic rings. The van der Waals surface area contributed by atoms with Crippen molar-refractivity contribution in [3.8, 4) is 0 Å². The molecule has 0 N–H and O–H groups in total. The van der Waals surface area contributed by atoms with Gasteiger partial charge in [0.15, 0.2) is 0 Å². The molecule has 0 saturated heterocycles. The molecule has 0 aromatic heterocycles. The predicted molar refractivity (Wildman–Crippen MR) is 69.7 cm³/mol. The Bertz CT molecular complexity index is 414. The van der Waals surface area contributed by atoms with Crippen molar-refractivity contribution in [2.45, 2.75) is 32.1 Å². The molecule has 0 unspecified atom stereocenters. The van der Waals surface area contributed by atoms with Gasteiger partial charge in [-0.05, 0) is 47.6 Å². The van der Waals surface area contributed by atoms with Crippen molar-refractivity contribution in [3.05, 3.63) is 34.3 Å². The first-order valence-electron chi connectivity index (χ1n) is 5.32. The van der Waals surface area contributed by atoms with Gasteiger partial charge in [0.1, 0.15) is 0 Å². The predicted octanol–water partition coefficient (Wildman–Crippen LogP) is 4.27. The van der Waals surface area contributed by atoms with E-state index in [1.54, 1.807) is 0 Å². The van der Waals surface area contributed by atoms with E-state index in [0.29, 0.717) is 0 Å². The number of halogens is 2. The summed E-state index contributed by atoms with van der Waals surface area (Å²) >= 11 is 9.18. The summed E-state index contributed by atoms with van der Waals surface area (Å²) in [5.74, 6) is 0. The Balaban J connectivity index is 2.36. The van der Waals surface area contributed by atoms with Gasteiger partial charge >= 0.3 is 0 Å². The lowest BCUT2D eigenvalue weighted by molar-refractivity contribution is -0.124. The Kier molecular flexibility index (Phi) is 2.92. The molecule has 1 nitrogen and oxygen atoms in total. The number of hydrogen-bond donors (Lipinski definition) is 0. The number of benzene rings is 1. The lowest BCUT2D eigenvalue weighted by Gasteiger charge is -2.51. The molecule has 3 heteroatoms. The van der Waals surface area contributed by atoms with Crippen LogP contribution in [-0.2, 0) is 10.2 Å². The lowest BCUT2D eigenvalue weighted by atomic mass is 9.52. The second-order valence-corrected chi connectivity index (χ2v) is 6.64. The average molecular weight is 302 g/mol. The third kappa shape index (κ3) is 1.93. The first-order valence-corrected chi connectivity index (χ1v) is 6.49. The topological polar surface area (TPSA) is 17.1 Å². The van der Waals surface area contributed by atoms with Crippen LogP contribution in [0.3, 0.4) is 0 Å². The second-order valence-electron chi connectivity index (χ2n) is 5.38. The molecule has 0 heterocycles. The number of carbonyl (C=O) groups is 1. The molecule has 0 radical (unpaired) electrons. The highest BCUT2D eigenvalue weighted by Crippen LogP contribution is 2.56. The van der Waals surface area contributed by atoms with E-state index in [0.717, 1.165) is 22.9 Å². The molecular formula is C13H14BrClO. The summed E-state index contributed by atoms with van der Waals surface area (Å²) in [5, 5.41) is -0.228. The zero-order valence-electron chi connectivity index (χ0n) is 9.39. The van der Waals surface area contributed by atoms with E-state index >= 15 is 0 Å². The van der Waals surface area contributed by atoms with Crippen molar-refractivity contribution in [2.75, 3.05) is 0 Å². The van der Waals surface area contributed by atoms with Gasteiger partial charge < -0.3 is 0 Å². The Hall–Kier alpha value is -0.340. The summed E-state index contributed by atoms with van der Waals surface area (Å²) in [6.45, 7) is 4.34. The van der Waals surface area contributed by atoms with Crippen molar-refractivity contribution >= 4 is 32.8 Å². The summed E-state index contributed by atoms with van der Waals surface area (Å²) in [6.07, 6.45) is 1.67. The van der Waals surface area contributed by atoms with E-state index < -0.39 is 5.41 Å². The van der Waals surface area contributed by atoms with E-state index in [-0.39, 0.29) is 10.7 Å². The molecule has 1 saturated carbocycles. The highest BCUT2D eigenvalue weighted by Gasteiger charge is 2.54. The number of hydrogen-bond acceptors (Lipinski definition) is 1. The Morgan fingerprint density at radius 2 is 1.75 bits per heavy atom. The van der Waals surface area contributed by atoms with Gasteiger partial charge in [0.05, 0.1) is 5.41 Å². The quantitative estimate of drug-likeness (QED) is 0.746. The summed E-state index contributed by atoms with van der Waals surface area (Å²) in [4.78, 5) is 11.7. The van der Waals surface area contributed by atoms with Crippen LogP contribution in [0.4, 0.5) is 0 Å². The summed E-state index contributed by atoms with van der Waals surface area (Å²) in [6, 6.07) is 7.89. The maximum absolute atomic E-state index is 11.7. The van der Waals surface area contributed by atoms with E-state index in [1.165, 1.54) is 0 Å². The van der Waals surface area contributed by atoms with Crippen molar-refractivity contribution in [2.24, 2.45) is 5.41 Å². The molecule has 0 bridgehead atoms. The molecule has 16 heavy (non-hydrogen) atoms. The Morgan fingerprint density at radius 1 is 1.25 bits per heavy atom. The molecule has 2 rings (SSSR count). The maximum atomic E-state index is 11.7. The summed E-state index contributed by atoms with van der Waals surface area (Å²) < 4.78 is 1.02. The van der Waals surface area contributed by atoms with Crippen LogP contribution < -0.4 is 0 Å². The molecule has 86 valence electrons. The molecule has 0 aliphatic heterocycles. The van der Waals surface area contributed by atoms with Crippen LogP contribution >= 0.6 is 27.5 Å². The van der Waals surface area contributed by atoms with Gasteiger partial charge in [-0.3, -0.25) is 4.79 Å². The number of carbonyl (C=O) groups excluding carboxylic acids is 1. The molecule has 1 aliphatic carbocycles. The SMILES string of the molecule is CC1(C)CC(C(=O)Cl)(c2ccc(Br)cc2)C1. The molecule has 0 amide bonds. The van der Waals surface area contributed by atoms with Crippen LogP contribution in [0.1, 0.15) is 32.3 Å². The minimum Gasteiger partial charge on any atom is -0.280 e. The fourth-order valence-corrected chi connectivity index (χ4v) is 3.31. The van der Waals surface area contributed by atoms with Gasteiger partial charge in [-0.1, -0.05) is 41.9 Å². The Labute approximate surface area is 109 Å². The molecular weight excluding hydrogens is 287 g/mol. The van der Waals surface area contributed by atoms with Crippen molar-refractivity contribution in [1.82, 2.24) is 0 Å². The molecule has 0 atom stereocenters. The van der Waals surface area contributed by atoms with Crippen LogP contribution in [0.15, 0.2) is 28.7 Å². The highest BCUT2D eigenvalue weighted by molar-refractivity contribution is 9.10. The van der Waals surface area contributed by atoms with Crippen LogP contribution in [0.2, 0.25) is 0 Å². The molecule has 0 spiro atoms. The van der Waals surface area contributed by atoms with Gasteiger partial charge in [-0.2, -0.15) is 0 Å². The fraction of sp³-hybridized carbons (Fsp3) is 0.462. The normalized spacial score (nSPS) is 21.2. The minimum atomic E-state index is -0.453. The van der Waals surface area contributed by atoms with Gasteiger partial charge in [-0.15, -0.1) is 0 Å². The van der Waals surface area contributed by atoms with E-state index in [9.17, 15) is 4.79 Å². The van der Waals surface area contributed by atoms with Crippen molar-refractivity contribution in [1.29, 1.82) is 0 Å². The second kappa shape index (κ2) is 3.85. The highest BCUT2D eigenvalue weighted by atomic mass is 79.9. The molecule has 1 fully saturated rings. The van der Waals surface area contributed by atoms with E-state index in [1.807, 2.05) is 24.3 Å². The zero-order valence-corrected chi connectivity index (χ0v) is 11.7. The average Bonchev–Trinajstić information content (AvgIpc) is 2.14. The molecule has 1 aromatic rings. The van der Waals surface area contributed by atoms with E-state index in [2.05, 4.69) is 29.8 Å². The first kappa shape index (κ1) is 12.1. The third-order valence-electron chi connectivity index (χ3n) is 3.33. The van der Waals surface area contributed by atoms with Gasteiger partial charge in [0.25, 0.3) is 0 Å². The Morgan fingerprint density at radius 3 is 2.12 bits per heavy atom. The maximum Gasteiger partial charge on any atom is 0.232 e. The molecule has 1 aromatic carbocycles. The van der Waals surface area contributed by atoms with Crippen molar-refractivity contribution in [3.63, 3.8) is 0 Å². The monoisotopic (exact) mass is 300 g/mol. The van der Waals surface area contributed by atoms with E-state index in [4.69, 9.17) is 11.6 Å². The smallest absolute Gasteiger partial charge is 0.232 e. The largest absolute Gasteiger partial charge is 0.280 e. The zero-order chi connectivity index (χ0) is 12.0. The fourth-order valence-electron chi connectivity index (χ4n) is 2.81. The van der Waals surface area contributed by atoms with Crippen LogP contribution in [-0.4, -0.2) is 5.24 Å². The standard InChI is InChI=1S/C13H14BrClO/c1-12(2)7-13(8-12,11(15)16)9-3-5-10(14)6-4-9/h3-6H,7-8H2,1-2H3. The first-order chi connectivity index (χ1) is 7.36. The van der Waals surface area contributed by atoms with Gasteiger partial charge in [0, 0.05) is 4.47 Å². The van der Waals surface area contributed by atoms with Crippen LogP contribution in [0.25, 0.3) is 0 Å². The third-order valence-corrected chi connectivity index (χ3v) is 4.22. The van der Waals surface area contributed by atoms with Gasteiger partial charge in [0.2, 0.25) is 5.24 Å². The van der Waals surface area contributed by atoms with Crippen LogP contribution in [0, 0.1) is 5.41 Å². The summed E-state index contributed by atoms with van der Waals surface area (Å²) in [7, 11) is 0. The van der Waals surface area contributed by atoms with Crippen LogP contribution in [0.5, 0.6) is 0 Å². The summed E-state index contributed by atoms with van der Waals surface area (Å²) in [5.41, 5.74) is 0.804. The minimum absolute atomic E-state index is 0.220. The number of rotatable bonds is 2. The van der Waals surface area contributed by atoms with Crippen molar-refractivity contribution < 1.29 is 4.79 Å². The lowest BCUT2D eigenvalue weighted by Crippen LogP contribution is -2.50.